The van der Waals surface area contributed by atoms with Crippen molar-refractivity contribution in [1.82, 2.24) is 24.9 Å². The molecule has 2 amide bonds. The van der Waals surface area contributed by atoms with E-state index in [1.165, 1.54) is 0 Å². The van der Waals surface area contributed by atoms with Crippen LogP contribution in [-0.2, 0) is 0 Å². The maximum Gasteiger partial charge on any atom is 0.318 e. The Morgan fingerprint density at radius 2 is 1.88 bits per heavy atom. The van der Waals surface area contributed by atoms with Gasteiger partial charge in [0.15, 0.2) is 5.65 Å². The Morgan fingerprint density at radius 1 is 1.04 bits per heavy atom. The van der Waals surface area contributed by atoms with Crippen molar-refractivity contribution in [2.75, 3.05) is 12.4 Å². The minimum Gasteiger partial charge on any atom is -0.341 e. The highest BCUT2D eigenvalue weighted by molar-refractivity contribution is 5.90. The first kappa shape index (κ1) is 15.8. The van der Waals surface area contributed by atoms with Crippen LogP contribution in [0.4, 0.5) is 10.5 Å². The van der Waals surface area contributed by atoms with Crippen LogP contribution >= 0.6 is 0 Å². The van der Waals surface area contributed by atoms with Gasteiger partial charge in [-0.25, -0.2) is 14.3 Å². The predicted octanol–water partition coefficient (Wildman–Crippen LogP) is 3.21. The fourth-order valence-corrected chi connectivity index (χ4v) is 2.73. The molecule has 0 aliphatic heterocycles. The number of nitrogens with zero attached hydrogens (tertiary/aromatic N) is 4. The number of rotatable bonds is 3. The lowest BCUT2D eigenvalue weighted by Gasteiger charge is -2.06. The zero-order chi connectivity index (χ0) is 17.9. The van der Waals surface area contributed by atoms with E-state index in [0.29, 0.717) is 5.69 Å². The number of benzene rings is 1. The van der Waals surface area contributed by atoms with Crippen LogP contribution in [0, 0.1) is 0 Å². The molecule has 128 valence electrons. The first-order valence-corrected chi connectivity index (χ1v) is 8.07. The fraction of sp³-hybridized carbons (Fsp3) is 0.0526. The Bertz CT molecular complexity index is 1070. The summed E-state index contributed by atoms with van der Waals surface area (Å²) in [6, 6.07) is 11.2. The van der Waals surface area contributed by atoms with Crippen molar-refractivity contribution in [3.8, 4) is 22.3 Å². The van der Waals surface area contributed by atoms with Crippen molar-refractivity contribution in [3.63, 3.8) is 0 Å². The molecular formula is C19H16N6O. The van der Waals surface area contributed by atoms with Crippen LogP contribution in [0.3, 0.4) is 0 Å². The van der Waals surface area contributed by atoms with E-state index in [4.69, 9.17) is 0 Å². The SMILES string of the molecule is CNC(=O)Nc1cccc(-c2cnn3cc(-c4ccncc4)cnc23)c1. The summed E-state index contributed by atoms with van der Waals surface area (Å²) in [7, 11) is 1.58. The minimum atomic E-state index is -0.262. The van der Waals surface area contributed by atoms with Crippen LogP contribution in [0.25, 0.3) is 27.9 Å². The molecule has 4 aromatic rings. The van der Waals surface area contributed by atoms with Crippen molar-refractivity contribution < 1.29 is 4.79 Å². The first-order chi connectivity index (χ1) is 12.7. The maximum atomic E-state index is 11.5. The molecule has 3 heterocycles. The molecule has 7 heteroatoms. The highest BCUT2D eigenvalue weighted by Gasteiger charge is 2.10. The number of amides is 2. The molecule has 1 aromatic carbocycles. The molecule has 0 aliphatic rings. The van der Waals surface area contributed by atoms with Crippen molar-refractivity contribution in [1.29, 1.82) is 0 Å². The fourth-order valence-electron chi connectivity index (χ4n) is 2.73. The molecule has 0 spiro atoms. The van der Waals surface area contributed by atoms with E-state index in [2.05, 4.69) is 25.7 Å². The van der Waals surface area contributed by atoms with Gasteiger partial charge >= 0.3 is 6.03 Å². The van der Waals surface area contributed by atoms with E-state index in [1.807, 2.05) is 48.8 Å². The van der Waals surface area contributed by atoms with Gasteiger partial charge in [0.05, 0.1) is 6.20 Å². The van der Waals surface area contributed by atoms with Crippen molar-refractivity contribution in [2.24, 2.45) is 0 Å². The topological polar surface area (TPSA) is 84.2 Å². The molecule has 26 heavy (non-hydrogen) atoms. The van der Waals surface area contributed by atoms with Gasteiger partial charge in [0.25, 0.3) is 0 Å². The van der Waals surface area contributed by atoms with Crippen LogP contribution < -0.4 is 10.6 Å². The second kappa shape index (κ2) is 6.64. The third-order valence-electron chi connectivity index (χ3n) is 4.03. The second-order valence-electron chi connectivity index (χ2n) is 5.69. The predicted molar refractivity (Wildman–Crippen MR) is 99.7 cm³/mol. The van der Waals surface area contributed by atoms with Gasteiger partial charge in [-0.15, -0.1) is 0 Å². The average Bonchev–Trinajstić information content (AvgIpc) is 3.12. The van der Waals surface area contributed by atoms with E-state index in [1.54, 1.807) is 30.2 Å². The Kier molecular flexibility index (Phi) is 4.03. The van der Waals surface area contributed by atoms with Crippen LogP contribution in [-0.4, -0.2) is 32.7 Å². The summed E-state index contributed by atoms with van der Waals surface area (Å²) < 4.78 is 1.75. The number of carbonyl (C=O) groups is 1. The molecule has 0 bridgehead atoms. The highest BCUT2D eigenvalue weighted by atomic mass is 16.2. The van der Waals surface area contributed by atoms with Crippen LogP contribution in [0.1, 0.15) is 0 Å². The number of fused-ring (bicyclic) bond motifs is 1. The van der Waals surface area contributed by atoms with Crippen LogP contribution in [0.5, 0.6) is 0 Å². The quantitative estimate of drug-likeness (QED) is 0.598. The van der Waals surface area contributed by atoms with Crippen molar-refractivity contribution in [3.05, 3.63) is 67.4 Å². The van der Waals surface area contributed by atoms with Gasteiger partial charge in [-0.3, -0.25) is 4.98 Å². The van der Waals surface area contributed by atoms with Gasteiger partial charge in [0.1, 0.15) is 0 Å². The third kappa shape index (κ3) is 2.98. The molecule has 0 aliphatic carbocycles. The van der Waals surface area contributed by atoms with Crippen LogP contribution in [0.2, 0.25) is 0 Å². The number of hydrogen-bond acceptors (Lipinski definition) is 4. The molecule has 0 atom stereocenters. The molecular weight excluding hydrogens is 328 g/mol. The number of anilines is 1. The lowest BCUT2D eigenvalue weighted by Crippen LogP contribution is -2.24. The zero-order valence-electron chi connectivity index (χ0n) is 14.0. The number of pyridine rings is 1. The standard InChI is InChI=1S/C19H16N6O/c1-20-19(26)24-16-4-2-3-14(9-16)17-11-23-25-12-15(10-22-18(17)25)13-5-7-21-8-6-13/h2-12H,1H3,(H2,20,24,26). The number of hydrogen-bond donors (Lipinski definition) is 2. The highest BCUT2D eigenvalue weighted by Crippen LogP contribution is 2.27. The van der Waals surface area contributed by atoms with E-state index in [9.17, 15) is 4.79 Å². The van der Waals surface area contributed by atoms with E-state index < -0.39 is 0 Å². The van der Waals surface area contributed by atoms with E-state index in [-0.39, 0.29) is 6.03 Å². The summed E-state index contributed by atoms with van der Waals surface area (Å²) in [6.07, 6.45) is 9.03. The van der Waals surface area contributed by atoms with Crippen molar-refractivity contribution in [2.45, 2.75) is 0 Å². The monoisotopic (exact) mass is 344 g/mol. The normalized spacial score (nSPS) is 10.7. The molecule has 7 nitrogen and oxygen atoms in total. The Balaban J connectivity index is 1.72. The molecule has 0 radical (unpaired) electrons. The van der Waals surface area contributed by atoms with Crippen molar-refractivity contribution >= 4 is 17.4 Å². The number of aromatic nitrogens is 4. The minimum absolute atomic E-state index is 0.262. The van der Waals surface area contributed by atoms with Gasteiger partial charge in [-0.2, -0.15) is 5.10 Å². The lowest BCUT2D eigenvalue weighted by atomic mass is 10.1. The summed E-state index contributed by atoms with van der Waals surface area (Å²) in [6.45, 7) is 0. The summed E-state index contributed by atoms with van der Waals surface area (Å²) >= 11 is 0. The molecule has 0 saturated carbocycles. The van der Waals surface area contributed by atoms with E-state index >= 15 is 0 Å². The smallest absolute Gasteiger partial charge is 0.318 e. The van der Waals surface area contributed by atoms with Gasteiger partial charge in [0.2, 0.25) is 0 Å². The molecule has 0 saturated heterocycles. The summed E-state index contributed by atoms with van der Waals surface area (Å²) in [5, 5.41) is 9.73. The largest absolute Gasteiger partial charge is 0.341 e. The van der Waals surface area contributed by atoms with Gasteiger partial charge < -0.3 is 10.6 Å². The lowest BCUT2D eigenvalue weighted by molar-refractivity contribution is 0.254. The van der Waals surface area contributed by atoms with Gasteiger partial charge in [-0.1, -0.05) is 12.1 Å². The maximum absolute atomic E-state index is 11.5. The number of urea groups is 1. The summed E-state index contributed by atoms with van der Waals surface area (Å²) in [4.78, 5) is 20.1. The zero-order valence-corrected chi connectivity index (χ0v) is 14.0. The molecule has 3 aromatic heterocycles. The van der Waals surface area contributed by atoms with E-state index in [0.717, 1.165) is 27.9 Å². The Labute approximate surface area is 149 Å². The summed E-state index contributed by atoms with van der Waals surface area (Å²) in [5.41, 5.74) is 5.27. The molecule has 2 N–H and O–H groups in total. The van der Waals surface area contributed by atoms with Crippen LogP contribution in [0.15, 0.2) is 67.4 Å². The average molecular weight is 344 g/mol. The second-order valence-corrected chi connectivity index (χ2v) is 5.69. The Morgan fingerprint density at radius 3 is 2.69 bits per heavy atom. The summed E-state index contributed by atoms with van der Waals surface area (Å²) in [5.74, 6) is 0. The van der Waals surface area contributed by atoms with Gasteiger partial charge in [-0.05, 0) is 35.4 Å². The molecule has 4 rings (SSSR count). The van der Waals surface area contributed by atoms with Gasteiger partial charge in [0, 0.05) is 48.6 Å². The number of carbonyl (C=O) groups excluding carboxylic acids is 1. The third-order valence-corrected chi connectivity index (χ3v) is 4.03. The number of nitrogens with one attached hydrogen (secondary N) is 2. The molecule has 0 unspecified atom stereocenters. The first-order valence-electron chi connectivity index (χ1n) is 8.07. The Hall–Kier alpha value is -3.74. The molecule has 0 fully saturated rings.